The molecule has 2 rings (SSSR count). The molecule has 0 spiro atoms. The summed E-state index contributed by atoms with van der Waals surface area (Å²) in [6.45, 7) is 2.30. The number of amides is 1. The van der Waals surface area contributed by atoms with E-state index in [1.165, 1.54) is 23.5 Å². The first kappa shape index (κ1) is 13.6. The molecule has 4 nitrogen and oxygen atoms in total. The molecular formula is C13H14FN3OS. The van der Waals surface area contributed by atoms with Gasteiger partial charge < -0.3 is 11.1 Å². The number of nitrogens with zero attached hydrogens (tertiary/aromatic N) is 1. The number of aromatic nitrogens is 1. The number of benzene rings is 1. The number of rotatable bonds is 4. The van der Waals surface area contributed by atoms with E-state index in [9.17, 15) is 9.18 Å². The van der Waals surface area contributed by atoms with Gasteiger partial charge in [0.2, 0.25) is 0 Å². The average Bonchev–Trinajstić information content (AvgIpc) is 2.83. The third-order valence-electron chi connectivity index (χ3n) is 2.59. The second-order valence-electron chi connectivity index (χ2n) is 4.08. The Kier molecular flexibility index (Phi) is 4.24. The zero-order chi connectivity index (χ0) is 13.8. The summed E-state index contributed by atoms with van der Waals surface area (Å²) in [6.07, 6.45) is 0.650. The largest absolute Gasteiger partial charge is 0.330 e. The Morgan fingerprint density at radius 3 is 3.05 bits per heavy atom. The zero-order valence-corrected chi connectivity index (χ0v) is 11.3. The van der Waals surface area contributed by atoms with Crippen LogP contribution in [0.2, 0.25) is 0 Å². The number of anilines is 1. The molecule has 0 aliphatic carbocycles. The standard InChI is InChI=1S/C13H14FN3OS/c1-8-2-3-9(14)6-10(8)17-13(18)11-7-19-12(16-11)4-5-15/h2-3,6-7H,4-5,15H2,1H3,(H,17,18). The summed E-state index contributed by atoms with van der Waals surface area (Å²) in [5.41, 5.74) is 7.02. The van der Waals surface area contributed by atoms with E-state index in [-0.39, 0.29) is 11.7 Å². The van der Waals surface area contributed by atoms with E-state index in [0.29, 0.717) is 24.3 Å². The second kappa shape index (κ2) is 5.90. The van der Waals surface area contributed by atoms with E-state index in [4.69, 9.17) is 5.73 Å². The minimum absolute atomic E-state index is 0.331. The molecule has 0 atom stereocenters. The van der Waals surface area contributed by atoms with E-state index >= 15 is 0 Å². The smallest absolute Gasteiger partial charge is 0.275 e. The lowest BCUT2D eigenvalue weighted by Gasteiger charge is -2.06. The molecular weight excluding hydrogens is 265 g/mol. The normalized spacial score (nSPS) is 10.5. The summed E-state index contributed by atoms with van der Waals surface area (Å²) in [5, 5.41) is 5.16. The Hall–Kier alpha value is -1.79. The predicted octanol–water partition coefficient (Wildman–Crippen LogP) is 2.34. The van der Waals surface area contributed by atoms with E-state index < -0.39 is 0 Å². The van der Waals surface area contributed by atoms with Crippen molar-refractivity contribution < 1.29 is 9.18 Å². The number of carbonyl (C=O) groups is 1. The van der Waals surface area contributed by atoms with Gasteiger partial charge in [-0.1, -0.05) is 6.07 Å². The maximum absolute atomic E-state index is 13.1. The third-order valence-corrected chi connectivity index (χ3v) is 3.50. The number of carbonyl (C=O) groups excluding carboxylic acids is 1. The van der Waals surface area contributed by atoms with Crippen LogP contribution in [0.1, 0.15) is 21.1 Å². The van der Waals surface area contributed by atoms with Crippen molar-refractivity contribution in [3.8, 4) is 0 Å². The van der Waals surface area contributed by atoms with Gasteiger partial charge in [-0.15, -0.1) is 11.3 Å². The number of nitrogens with one attached hydrogen (secondary N) is 1. The van der Waals surface area contributed by atoms with Gasteiger partial charge in [0.05, 0.1) is 5.01 Å². The molecule has 19 heavy (non-hydrogen) atoms. The van der Waals surface area contributed by atoms with Crippen molar-refractivity contribution in [3.63, 3.8) is 0 Å². The van der Waals surface area contributed by atoms with Crippen LogP contribution in [0, 0.1) is 12.7 Å². The Morgan fingerprint density at radius 1 is 1.53 bits per heavy atom. The van der Waals surface area contributed by atoms with Gasteiger partial charge in [0, 0.05) is 17.5 Å². The Morgan fingerprint density at radius 2 is 2.32 bits per heavy atom. The van der Waals surface area contributed by atoms with E-state index in [0.717, 1.165) is 10.6 Å². The maximum Gasteiger partial charge on any atom is 0.275 e. The summed E-state index contributed by atoms with van der Waals surface area (Å²) in [7, 11) is 0. The second-order valence-corrected chi connectivity index (χ2v) is 5.02. The first-order chi connectivity index (χ1) is 9.10. The first-order valence-corrected chi connectivity index (χ1v) is 6.70. The molecule has 0 radical (unpaired) electrons. The minimum atomic E-state index is -0.386. The first-order valence-electron chi connectivity index (χ1n) is 5.82. The molecule has 2 aromatic rings. The lowest BCUT2D eigenvalue weighted by Crippen LogP contribution is -2.13. The lowest BCUT2D eigenvalue weighted by molar-refractivity contribution is 0.102. The van der Waals surface area contributed by atoms with Crippen LogP contribution in [0.3, 0.4) is 0 Å². The summed E-state index contributed by atoms with van der Waals surface area (Å²) in [4.78, 5) is 16.2. The molecule has 1 heterocycles. The summed E-state index contributed by atoms with van der Waals surface area (Å²) in [6, 6.07) is 4.26. The van der Waals surface area contributed by atoms with Crippen LogP contribution in [-0.4, -0.2) is 17.4 Å². The molecule has 100 valence electrons. The Labute approximate surface area is 114 Å². The summed E-state index contributed by atoms with van der Waals surface area (Å²) in [5.74, 6) is -0.726. The monoisotopic (exact) mass is 279 g/mol. The van der Waals surface area contributed by atoms with E-state index in [1.807, 2.05) is 0 Å². The maximum atomic E-state index is 13.1. The number of thiazole rings is 1. The van der Waals surface area contributed by atoms with Gasteiger partial charge in [0.15, 0.2) is 0 Å². The molecule has 0 fully saturated rings. The van der Waals surface area contributed by atoms with Gasteiger partial charge in [-0.2, -0.15) is 0 Å². The summed E-state index contributed by atoms with van der Waals surface area (Å²) >= 11 is 1.39. The quantitative estimate of drug-likeness (QED) is 0.902. The minimum Gasteiger partial charge on any atom is -0.330 e. The van der Waals surface area contributed by atoms with Gasteiger partial charge in [0.25, 0.3) is 5.91 Å². The van der Waals surface area contributed by atoms with Crippen LogP contribution in [0.5, 0.6) is 0 Å². The van der Waals surface area contributed by atoms with Crippen molar-refractivity contribution >= 4 is 22.9 Å². The molecule has 1 aromatic carbocycles. The highest BCUT2D eigenvalue weighted by molar-refractivity contribution is 7.09. The van der Waals surface area contributed by atoms with Gasteiger partial charge in [-0.05, 0) is 31.2 Å². The Balaban J connectivity index is 2.13. The van der Waals surface area contributed by atoms with Crippen LogP contribution in [-0.2, 0) is 6.42 Å². The molecule has 0 aliphatic rings. The van der Waals surface area contributed by atoms with Gasteiger partial charge >= 0.3 is 0 Å². The van der Waals surface area contributed by atoms with Crippen molar-refractivity contribution in [1.82, 2.24) is 4.98 Å². The molecule has 0 saturated carbocycles. The molecule has 0 unspecified atom stereocenters. The number of aryl methyl sites for hydroxylation is 1. The van der Waals surface area contributed by atoms with E-state index in [1.54, 1.807) is 18.4 Å². The van der Waals surface area contributed by atoms with Crippen molar-refractivity contribution in [2.45, 2.75) is 13.3 Å². The fourth-order valence-electron chi connectivity index (χ4n) is 1.57. The average molecular weight is 279 g/mol. The van der Waals surface area contributed by atoms with Crippen LogP contribution in [0.25, 0.3) is 0 Å². The highest BCUT2D eigenvalue weighted by Gasteiger charge is 2.12. The van der Waals surface area contributed by atoms with Crippen LogP contribution in [0.4, 0.5) is 10.1 Å². The fourth-order valence-corrected chi connectivity index (χ4v) is 2.36. The third kappa shape index (κ3) is 3.36. The van der Waals surface area contributed by atoms with Crippen molar-refractivity contribution in [1.29, 1.82) is 0 Å². The number of nitrogens with two attached hydrogens (primary N) is 1. The Bertz CT molecular complexity index is 597. The SMILES string of the molecule is Cc1ccc(F)cc1NC(=O)c1csc(CCN)n1. The van der Waals surface area contributed by atoms with Crippen molar-refractivity contribution in [2.75, 3.05) is 11.9 Å². The van der Waals surface area contributed by atoms with Gasteiger partial charge in [0.1, 0.15) is 11.5 Å². The van der Waals surface area contributed by atoms with E-state index in [2.05, 4.69) is 10.3 Å². The lowest BCUT2D eigenvalue weighted by atomic mass is 10.2. The number of halogens is 1. The van der Waals surface area contributed by atoms with Crippen LogP contribution < -0.4 is 11.1 Å². The molecule has 0 saturated heterocycles. The molecule has 6 heteroatoms. The van der Waals surface area contributed by atoms with Crippen LogP contribution in [0.15, 0.2) is 23.6 Å². The van der Waals surface area contributed by atoms with Gasteiger partial charge in [-0.3, -0.25) is 4.79 Å². The highest BCUT2D eigenvalue weighted by Crippen LogP contribution is 2.18. The number of hydrogen-bond donors (Lipinski definition) is 2. The van der Waals surface area contributed by atoms with Gasteiger partial charge in [-0.25, -0.2) is 9.37 Å². The topological polar surface area (TPSA) is 68.0 Å². The summed E-state index contributed by atoms with van der Waals surface area (Å²) < 4.78 is 13.1. The van der Waals surface area contributed by atoms with Crippen molar-refractivity contribution in [3.05, 3.63) is 45.7 Å². The molecule has 1 aromatic heterocycles. The molecule has 0 bridgehead atoms. The molecule has 3 N–H and O–H groups in total. The van der Waals surface area contributed by atoms with Crippen LogP contribution >= 0.6 is 11.3 Å². The molecule has 0 aliphatic heterocycles. The highest BCUT2D eigenvalue weighted by atomic mass is 32.1. The fraction of sp³-hybridized carbons (Fsp3) is 0.231. The molecule has 1 amide bonds. The van der Waals surface area contributed by atoms with Crippen molar-refractivity contribution in [2.24, 2.45) is 5.73 Å². The number of hydrogen-bond acceptors (Lipinski definition) is 4. The predicted molar refractivity (Wildman–Crippen MR) is 74.0 cm³/mol. The zero-order valence-electron chi connectivity index (χ0n) is 10.4.